The summed E-state index contributed by atoms with van der Waals surface area (Å²) >= 11 is 0. The topological polar surface area (TPSA) is 33.5 Å². The zero-order chi connectivity index (χ0) is 17.5. The summed E-state index contributed by atoms with van der Waals surface area (Å²) in [6.07, 6.45) is 5.86. The zero-order valence-corrected chi connectivity index (χ0v) is 14.2. The first-order valence-corrected chi connectivity index (χ1v) is 8.44. The van der Waals surface area contributed by atoms with E-state index in [-0.39, 0.29) is 11.9 Å². The molecular formula is C22H21NO2. The normalized spacial score (nSPS) is 12.2. The first kappa shape index (κ1) is 16.8. The number of carbonyl (C=O) groups is 1. The zero-order valence-electron chi connectivity index (χ0n) is 14.2. The van der Waals surface area contributed by atoms with Crippen molar-refractivity contribution < 1.29 is 9.21 Å². The Labute approximate surface area is 148 Å². The monoisotopic (exact) mass is 331 g/mol. The minimum Gasteiger partial charge on any atom is -0.467 e. The number of hydrogen-bond donors (Lipinski definition) is 0. The maximum Gasteiger partial charge on any atom is 0.251 e. The fraction of sp³-hybridized carbons (Fsp3) is 0.136. The van der Waals surface area contributed by atoms with Crippen LogP contribution in [0.25, 0.3) is 6.08 Å². The van der Waals surface area contributed by atoms with Gasteiger partial charge in [-0.1, -0.05) is 55.5 Å². The summed E-state index contributed by atoms with van der Waals surface area (Å²) < 4.78 is 5.58. The molecule has 0 bridgehead atoms. The van der Waals surface area contributed by atoms with Gasteiger partial charge >= 0.3 is 0 Å². The number of furan rings is 1. The van der Waals surface area contributed by atoms with Crippen LogP contribution in [-0.2, 0) is 4.79 Å². The van der Waals surface area contributed by atoms with Crippen LogP contribution in [0.2, 0.25) is 0 Å². The molecule has 3 nitrogen and oxygen atoms in total. The Morgan fingerprint density at radius 1 is 1.00 bits per heavy atom. The molecule has 3 aromatic rings. The van der Waals surface area contributed by atoms with Crippen molar-refractivity contribution in [2.24, 2.45) is 0 Å². The Bertz CT molecular complexity index is 808. The van der Waals surface area contributed by atoms with Crippen molar-refractivity contribution in [2.75, 3.05) is 4.90 Å². The third-order valence-electron chi connectivity index (χ3n) is 4.06. The molecule has 126 valence electrons. The Morgan fingerprint density at radius 2 is 1.68 bits per heavy atom. The minimum atomic E-state index is -0.148. The molecular weight excluding hydrogens is 310 g/mol. The van der Waals surface area contributed by atoms with E-state index in [4.69, 9.17) is 4.42 Å². The van der Waals surface area contributed by atoms with Gasteiger partial charge in [0.15, 0.2) is 0 Å². The summed E-state index contributed by atoms with van der Waals surface area (Å²) in [5.41, 5.74) is 1.85. The third-order valence-corrected chi connectivity index (χ3v) is 4.06. The van der Waals surface area contributed by atoms with E-state index in [1.165, 1.54) is 0 Å². The van der Waals surface area contributed by atoms with Crippen LogP contribution in [0.15, 0.2) is 89.6 Å². The number of anilines is 1. The standard InChI is InChI=1S/C22H21NO2/c1-2-20(21-14-9-17-25-21)23(19-12-7-4-8-13-19)22(24)16-15-18-10-5-3-6-11-18/h3-17,20H,2H2,1H3/b16-15+/t20-/m0/s1. The first-order valence-electron chi connectivity index (χ1n) is 8.44. The molecule has 1 atom stereocenters. The highest BCUT2D eigenvalue weighted by molar-refractivity contribution is 6.04. The predicted octanol–water partition coefficient (Wildman–Crippen LogP) is 5.48. The minimum absolute atomic E-state index is 0.0710. The summed E-state index contributed by atoms with van der Waals surface area (Å²) in [5.74, 6) is 0.714. The molecule has 1 amide bonds. The molecule has 0 saturated heterocycles. The molecule has 0 saturated carbocycles. The lowest BCUT2D eigenvalue weighted by Gasteiger charge is -2.29. The Kier molecular flexibility index (Phi) is 5.47. The van der Waals surface area contributed by atoms with E-state index in [0.717, 1.165) is 23.4 Å². The van der Waals surface area contributed by atoms with Crippen LogP contribution in [0, 0.1) is 0 Å². The van der Waals surface area contributed by atoms with E-state index in [1.54, 1.807) is 17.2 Å². The molecule has 25 heavy (non-hydrogen) atoms. The largest absolute Gasteiger partial charge is 0.467 e. The van der Waals surface area contributed by atoms with Gasteiger partial charge in [0, 0.05) is 11.8 Å². The van der Waals surface area contributed by atoms with E-state index < -0.39 is 0 Å². The summed E-state index contributed by atoms with van der Waals surface area (Å²) in [7, 11) is 0. The number of amides is 1. The van der Waals surface area contributed by atoms with Gasteiger partial charge in [-0.2, -0.15) is 0 Å². The predicted molar refractivity (Wildman–Crippen MR) is 101 cm³/mol. The average molecular weight is 331 g/mol. The molecule has 3 heteroatoms. The molecule has 0 aliphatic heterocycles. The van der Waals surface area contributed by atoms with E-state index in [0.29, 0.717) is 0 Å². The van der Waals surface area contributed by atoms with Crippen LogP contribution in [0.4, 0.5) is 5.69 Å². The Balaban J connectivity index is 1.93. The molecule has 0 unspecified atom stereocenters. The van der Waals surface area contributed by atoms with Crippen LogP contribution in [0.3, 0.4) is 0 Å². The van der Waals surface area contributed by atoms with Crippen molar-refractivity contribution >= 4 is 17.7 Å². The van der Waals surface area contributed by atoms with Crippen LogP contribution >= 0.6 is 0 Å². The maximum absolute atomic E-state index is 13.0. The molecule has 3 rings (SSSR count). The summed E-state index contributed by atoms with van der Waals surface area (Å²) in [5, 5.41) is 0. The van der Waals surface area contributed by atoms with Gasteiger partial charge < -0.3 is 4.42 Å². The maximum atomic E-state index is 13.0. The van der Waals surface area contributed by atoms with Crippen LogP contribution in [0.5, 0.6) is 0 Å². The number of nitrogens with zero attached hydrogens (tertiary/aromatic N) is 1. The van der Waals surface area contributed by atoms with Gasteiger partial charge in [0.25, 0.3) is 5.91 Å². The van der Waals surface area contributed by atoms with Crippen molar-refractivity contribution in [1.29, 1.82) is 0 Å². The summed E-state index contributed by atoms with van der Waals surface area (Å²) in [4.78, 5) is 14.8. The van der Waals surface area contributed by atoms with Crippen LogP contribution in [0.1, 0.15) is 30.7 Å². The second-order valence-corrected chi connectivity index (χ2v) is 5.73. The van der Waals surface area contributed by atoms with Crippen molar-refractivity contribution in [1.82, 2.24) is 0 Å². The van der Waals surface area contributed by atoms with Gasteiger partial charge in [0.2, 0.25) is 0 Å². The van der Waals surface area contributed by atoms with Crippen molar-refractivity contribution in [3.63, 3.8) is 0 Å². The number of rotatable bonds is 6. The summed E-state index contributed by atoms with van der Waals surface area (Å²) in [6, 6.07) is 23.1. The molecule has 2 aromatic carbocycles. The van der Waals surface area contributed by atoms with E-state index in [9.17, 15) is 4.79 Å². The average Bonchev–Trinajstić information content (AvgIpc) is 3.20. The van der Waals surface area contributed by atoms with Gasteiger partial charge in [-0.05, 0) is 42.3 Å². The van der Waals surface area contributed by atoms with Crippen molar-refractivity contribution in [3.8, 4) is 0 Å². The number of hydrogen-bond acceptors (Lipinski definition) is 2. The highest BCUT2D eigenvalue weighted by Crippen LogP contribution is 2.30. The number of carbonyl (C=O) groups excluding carboxylic acids is 1. The van der Waals surface area contributed by atoms with Gasteiger partial charge in [-0.3, -0.25) is 9.69 Å². The van der Waals surface area contributed by atoms with Crippen molar-refractivity contribution in [3.05, 3.63) is 96.5 Å². The van der Waals surface area contributed by atoms with E-state index in [1.807, 2.05) is 78.9 Å². The molecule has 0 N–H and O–H groups in total. The lowest BCUT2D eigenvalue weighted by Crippen LogP contribution is -2.33. The van der Waals surface area contributed by atoms with Crippen molar-refractivity contribution in [2.45, 2.75) is 19.4 Å². The summed E-state index contributed by atoms with van der Waals surface area (Å²) in [6.45, 7) is 2.05. The molecule has 0 fully saturated rings. The fourth-order valence-electron chi connectivity index (χ4n) is 2.85. The smallest absolute Gasteiger partial charge is 0.251 e. The molecule has 0 radical (unpaired) electrons. The van der Waals surface area contributed by atoms with Gasteiger partial charge in [0.05, 0.1) is 12.3 Å². The highest BCUT2D eigenvalue weighted by Gasteiger charge is 2.25. The molecule has 0 aliphatic rings. The lowest BCUT2D eigenvalue weighted by molar-refractivity contribution is -0.114. The van der Waals surface area contributed by atoms with E-state index in [2.05, 4.69) is 6.92 Å². The number of para-hydroxylation sites is 1. The van der Waals surface area contributed by atoms with Crippen LogP contribution in [-0.4, -0.2) is 5.91 Å². The molecule has 1 aromatic heterocycles. The quantitative estimate of drug-likeness (QED) is 0.561. The Hall–Kier alpha value is -3.07. The highest BCUT2D eigenvalue weighted by atomic mass is 16.3. The van der Waals surface area contributed by atoms with Gasteiger partial charge in [-0.15, -0.1) is 0 Å². The SMILES string of the molecule is CC[C@@H](c1ccco1)N(C(=O)/C=C/c1ccccc1)c1ccccc1. The number of benzene rings is 2. The lowest BCUT2D eigenvalue weighted by atomic mass is 10.1. The Morgan fingerprint density at radius 3 is 2.28 bits per heavy atom. The second kappa shape index (κ2) is 8.15. The third kappa shape index (κ3) is 4.07. The van der Waals surface area contributed by atoms with E-state index >= 15 is 0 Å². The second-order valence-electron chi connectivity index (χ2n) is 5.73. The first-order chi connectivity index (χ1) is 12.3. The van der Waals surface area contributed by atoms with Gasteiger partial charge in [-0.25, -0.2) is 0 Å². The molecule has 0 aliphatic carbocycles. The van der Waals surface area contributed by atoms with Gasteiger partial charge in [0.1, 0.15) is 5.76 Å². The molecule has 0 spiro atoms. The molecule has 1 heterocycles. The van der Waals surface area contributed by atoms with Crippen LogP contribution < -0.4 is 4.90 Å². The fourth-order valence-corrected chi connectivity index (χ4v) is 2.85.